The number of hydrogen-bond donors (Lipinski definition) is 1. The highest BCUT2D eigenvalue weighted by molar-refractivity contribution is 5.77. The maximum Gasteiger partial charge on any atom is 0.224 e. The molecule has 1 aromatic rings. The van der Waals surface area contributed by atoms with Gasteiger partial charge in [-0.3, -0.25) is 9.69 Å². The summed E-state index contributed by atoms with van der Waals surface area (Å²) in [5.74, 6) is 1.17. The van der Waals surface area contributed by atoms with Gasteiger partial charge in [-0.15, -0.1) is 0 Å². The third kappa shape index (κ3) is 5.13. The number of carbonyl (C=O) groups is 1. The van der Waals surface area contributed by atoms with Crippen molar-refractivity contribution in [3.63, 3.8) is 0 Å². The van der Waals surface area contributed by atoms with Crippen molar-refractivity contribution in [2.75, 3.05) is 26.2 Å². The molecule has 3 fully saturated rings. The number of likely N-dealkylation sites (tertiary alicyclic amines) is 2. The number of rotatable bonds is 8. The Morgan fingerprint density at radius 2 is 1.71 bits per heavy atom. The molecule has 2 atom stereocenters. The summed E-state index contributed by atoms with van der Waals surface area (Å²) in [6, 6.07) is 11.2. The normalized spacial score (nSPS) is 26.7. The highest BCUT2D eigenvalue weighted by atomic mass is 16.5. The summed E-state index contributed by atoms with van der Waals surface area (Å²) in [6.45, 7) is 4.19. The second-order valence-electron chi connectivity index (χ2n) is 8.84. The first-order valence-electron chi connectivity index (χ1n) is 11.1. The zero-order chi connectivity index (χ0) is 19.3. The highest BCUT2D eigenvalue weighted by Crippen LogP contribution is 2.35. The van der Waals surface area contributed by atoms with Crippen molar-refractivity contribution in [3.8, 4) is 0 Å². The fourth-order valence-corrected chi connectivity index (χ4v) is 4.77. The number of nitrogens with two attached hydrogens (primary N) is 1. The molecule has 0 spiro atoms. The van der Waals surface area contributed by atoms with Crippen LogP contribution in [0, 0.1) is 5.92 Å². The Morgan fingerprint density at radius 1 is 1.00 bits per heavy atom. The molecule has 1 amide bonds. The lowest BCUT2D eigenvalue weighted by molar-refractivity contribution is -0.135. The molecule has 1 aliphatic carbocycles. The second kappa shape index (κ2) is 9.38. The molecule has 2 heterocycles. The van der Waals surface area contributed by atoms with Crippen molar-refractivity contribution in [1.82, 2.24) is 9.80 Å². The van der Waals surface area contributed by atoms with Crippen molar-refractivity contribution >= 4 is 5.91 Å². The van der Waals surface area contributed by atoms with E-state index in [9.17, 15) is 4.79 Å². The Kier molecular flexibility index (Phi) is 6.65. The van der Waals surface area contributed by atoms with Crippen molar-refractivity contribution in [2.45, 2.75) is 69.7 Å². The van der Waals surface area contributed by atoms with Gasteiger partial charge in [0.2, 0.25) is 5.91 Å². The van der Waals surface area contributed by atoms with Crippen molar-refractivity contribution < 1.29 is 9.53 Å². The van der Waals surface area contributed by atoms with Crippen LogP contribution in [-0.4, -0.2) is 60.1 Å². The van der Waals surface area contributed by atoms with Crippen LogP contribution in [0.5, 0.6) is 0 Å². The standard InChI is InChI=1S/C23H35N3O2/c24-15-21-9-8-20(26(21)16-18-6-7-18)14-23(27)25-12-10-22(11-13-25)28-17-19-4-2-1-3-5-19/h1-5,18,20-22H,6-17,24H2/t20-,21+/m0/s1. The van der Waals surface area contributed by atoms with Gasteiger partial charge in [0.1, 0.15) is 0 Å². The van der Waals surface area contributed by atoms with Crippen LogP contribution >= 0.6 is 0 Å². The molecule has 0 aromatic heterocycles. The molecular formula is C23H35N3O2. The van der Waals surface area contributed by atoms with Gasteiger partial charge in [0.15, 0.2) is 0 Å². The van der Waals surface area contributed by atoms with Gasteiger partial charge in [-0.25, -0.2) is 0 Å². The number of benzene rings is 1. The Labute approximate surface area is 169 Å². The number of ether oxygens (including phenoxy) is 1. The molecule has 1 aromatic carbocycles. The molecule has 2 saturated heterocycles. The van der Waals surface area contributed by atoms with Crippen molar-refractivity contribution in [2.24, 2.45) is 11.7 Å². The molecule has 2 N–H and O–H groups in total. The Morgan fingerprint density at radius 3 is 2.39 bits per heavy atom. The summed E-state index contributed by atoms with van der Waals surface area (Å²) < 4.78 is 6.07. The molecule has 5 nitrogen and oxygen atoms in total. The van der Waals surface area contributed by atoms with E-state index in [1.54, 1.807) is 0 Å². The van der Waals surface area contributed by atoms with E-state index in [2.05, 4.69) is 21.9 Å². The third-order valence-electron chi connectivity index (χ3n) is 6.74. The smallest absolute Gasteiger partial charge is 0.224 e. The number of carbonyl (C=O) groups excluding carboxylic acids is 1. The summed E-state index contributed by atoms with van der Waals surface area (Å²) in [6.07, 6.45) is 7.80. The van der Waals surface area contributed by atoms with Crippen LogP contribution in [0.3, 0.4) is 0 Å². The van der Waals surface area contributed by atoms with Gasteiger partial charge < -0.3 is 15.4 Å². The van der Waals surface area contributed by atoms with Gasteiger partial charge in [-0.1, -0.05) is 30.3 Å². The zero-order valence-electron chi connectivity index (χ0n) is 17.0. The monoisotopic (exact) mass is 385 g/mol. The number of hydrogen-bond acceptors (Lipinski definition) is 4. The largest absolute Gasteiger partial charge is 0.373 e. The van der Waals surface area contributed by atoms with Gasteiger partial charge >= 0.3 is 0 Å². The first-order chi connectivity index (χ1) is 13.7. The van der Waals surface area contributed by atoms with E-state index in [4.69, 9.17) is 10.5 Å². The molecule has 2 aliphatic heterocycles. The molecule has 4 rings (SSSR count). The fourth-order valence-electron chi connectivity index (χ4n) is 4.77. The van der Waals surface area contributed by atoms with E-state index in [0.717, 1.165) is 57.8 Å². The summed E-state index contributed by atoms with van der Waals surface area (Å²) in [5, 5.41) is 0. The maximum atomic E-state index is 12.9. The van der Waals surface area contributed by atoms with Gasteiger partial charge in [-0.2, -0.15) is 0 Å². The van der Waals surface area contributed by atoms with Gasteiger partial charge in [0.05, 0.1) is 12.7 Å². The number of piperidine rings is 1. The minimum Gasteiger partial charge on any atom is -0.373 e. The van der Waals surface area contributed by atoms with Gasteiger partial charge in [-0.05, 0) is 50.0 Å². The van der Waals surface area contributed by atoms with Gasteiger partial charge in [0, 0.05) is 44.7 Å². The molecular weight excluding hydrogens is 350 g/mol. The quantitative estimate of drug-likeness (QED) is 0.748. The highest BCUT2D eigenvalue weighted by Gasteiger charge is 2.38. The zero-order valence-corrected chi connectivity index (χ0v) is 17.0. The molecule has 5 heteroatoms. The SMILES string of the molecule is NC[C@H]1CC[C@@H](CC(=O)N2CCC(OCc3ccccc3)CC2)N1CC1CC1. The Balaban J connectivity index is 1.21. The summed E-state index contributed by atoms with van der Waals surface area (Å²) >= 11 is 0. The second-order valence-corrected chi connectivity index (χ2v) is 8.84. The van der Waals surface area contributed by atoms with E-state index in [1.165, 1.54) is 18.4 Å². The molecule has 0 bridgehead atoms. The van der Waals surface area contributed by atoms with Crippen molar-refractivity contribution in [3.05, 3.63) is 35.9 Å². The lowest BCUT2D eigenvalue weighted by Crippen LogP contribution is -2.46. The maximum absolute atomic E-state index is 12.9. The van der Waals surface area contributed by atoms with Crippen LogP contribution in [0.25, 0.3) is 0 Å². The molecule has 0 unspecified atom stereocenters. The average molecular weight is 386 g/mol. The number of amides is 1. The predicted octanol–water partition coefficient (Wildman–Crippen LogP) is 2.79. The summed E-state index contributed by atoms with van der Waals surface area (Å²) in [4.78, 5) is 17.5. The van der Waals surface area contributed by atoms with Crippen LogP contribution in [0.2, 0.25) is 0 Å². The van der Waals surface area contributed by atoms with E-state index < -0.39 is 0 Å². The van der Waals surface area contributed by atoms with Gasteiger partial charge in [0.25, 0.3) is 0 Å². The summed E-state index contributed by atoms with van der Waals surface area (Å²) in [5.41, 5.74) is 7.21. The number of nitrogens with zero attached hydrogens (tertiary/aromatic N) is 2. The van der Waals surface area contributed by atoms with E-state index in [1.807, 2.05) is 18.2 Å². The van der Waals surface area contributed by atoms with Crippen LogP contribution in [0.15, 0.2) is 30.3 Å². The molecule has 0 radical (unpaired) electrons. The van der Waals surface area contributed by atoms with E-state index in [-0.39, 0.29) is 6.10 Å². The minimum atomic E-state index is 0.267. The predicted molar refractivity (Wildman–Crippen MR) is 111 cm³/mol. The van der Waals surface area contributed by atoms with Crippen LogP contribution in [-0.2, 0) is 16.1 Å². The topological polar surface area (TPSA) is 58.8 Å². The molecule has 3 aliphatic rings. The lowest BCUT2D eigenvalue weighted by Gasteiger charge is -2.34. The van der Waals surface area contributed by atoms with E-state index >= 15 is 0 Å². The van der Waals surface area contributed by atoms with Crippen LogP contribution in [0.1, 0.15) is 50.5 Å². The Bertz CT molecular complexity index is 626. The average Bonchev–Trinajstić information content (AvgIpc) is 3.48. The fraction of sp³-hybridized carbons (Fsp3) is 0.696. The van der Waals surface area contributed by atoms with Crippen LogP contribution in [0.4, 0.5) is 0 Å². The van der Waals surface area contributed by atoms with Crippen molar-refractivity contribution in [1.29, 1.82) is 0 Å². The molecule has 28 heavy (non-hydrogen) atoms. The minimum absolute atomic E-state index is 0.267. The Hall–Kier alpha value is -1.43. The first kappa shape index (κ1) is 19.9. The first-order valence-corrected chi connectivity index (χ1v) is 11.1. The summed E-state index contributed by atoms with van der Waals surface area (Å²) in [7, 11) is 0. The third-order valence-corrected chi connectivity index (χ3v) is 6.74. The van der Waals surface area contributed by atoms with Crippen LogP contribution < -0.4 is 5.73 Å². The van der Waals surface area contributed by atoms with E-state index in [0.29, 0.717) is 31.0 Å². The molecule has 154 valence electrons. The lowest BCUT2D eigenvalue weighted by atomic mass is 10.1. The molecule has 1 saturated carbocycles.